The normalized spacial score (nSPS) is 17.3. The van der Waals surface area contributed by atoms with E-state index in [0.717, 1.165) is 5.39 Å². The van der Waals surface area contributed by atoms with E-state index in [1.807, 2.05) is 13.8 Å². The van der Waals surface area contributed by atoms with Crippen LogP contribution in [-0.2, 0) is 4.74 Å². The molecular formula is C20H21ClN6O3. The maximum Gasteiger partial charge on any atom is 0.417 e. The molecule has 1 aliphatic rings. The lowest BCUT2D eigenvalue weighted by Crippen LogP contribution is -2.35. The Kier molecular flexibility index (Phi) is 5.29. The summed E-state index contributed by atoms with van der Waals surface area (Å²) in [5.41, 5.74) is 0.998. The van der Waals surface area contributed by atoms with Crippen molar-refractivity contribution in [1.82, 2.24) is 19.9 Å². The highest BCUT2D eigenvalue weighted by atomic mass is 35.5. The molecule has 3 aromatic rings. The lowest BCUT2D eigenvalue weighted by atomic mass is 10.1. The van der Waals surface area contributed by atoms with Crippen LogP contribution in [0.2, 0.25) is 5.02 Å². The summed E-state index contributed by atoms with van der Waals surface area (Å²) in [5, 5.41) is 4.54. The van der Waals surface area contributed by atoms with Crippen LogP contribution < -0.4 is 15.8 Å². The maximum absolute atomic E-state index is 12.6. The number of amides is 1. The number of aromatic amines is 1. The number of anilines is 2. The zero-order valence-electron chi connectivity index (χ0n) is 16.8. The molecule has 2 atom stereocenters. The summed E-state index contributed by atoms with van der Waals surface area (Å²) in [6.45, 7) is 5.81. The van der Waals surface area contributed by atoms with Crippen molar-refractivity contribution in [1.29, 1.82) is 0 Å². The number of aryl methyl sites for hydroxylation is 1. The lowest BCUT2D eigenvalue weighted by Gasteiger charge is -2.20. The number of rotatable bonds is 5. The molecule has 10 heteroatoms. The predicted molar refractivity (Wildman–Crippen MR) is 114 cm³/mol. The van der Waals surface area contributed by atoms with Crippen LogP contribution in [-0.4, -0.2) is 38.7 Å². The van der Waals surface area contributed by atoms with Crippen molar-refractivity contribution in [3.05, 3.63) is 51.0 Å². The maximum atomic E-state index is 12.6. The molecule has 1 unspecified atom stereocenters. The van der Waals surface area contributed by atoms with E-state index in [1.165, 1.54) is 4.90 Å². The standard InChI is InChI=1S/C20H21ClN6O3/c1-4-14-9-30-20(29)27(14)19-24-11(3)23-18(26-19)22-10(2)15-8-12-7-13(21)5-6-16(12)25-17(15)28/h5-8,10,14H,4,9H2,1-3H3,(H,25,28)(H,22,23,24,26)/t10-,14?/m0/s1. The SMILES string of the molecule is CCC1COC(=O)N1c1nc(C)nc(N[C@@H](C)c2cc3cc(Cl)ccc3[nH]c2=O)n1. The molecule has 0 spiro atoms. The minimum Gasteiger partial charge on any atom is -0.447 e. The molecule has 1 saturated heterocycles. The summed E-state index contributed by atoms with van der Waals surface area (Å²) in [7, 11) is 0. The number of hydrogen-bond donors (Lipinski definition) is 2. The average molecular weight is 429 g/mol. The van der Waals surface area contributed by atoms with E-state index in [1.54, 1.807) is 31.2 Å². The minimum atomic E-state index is -0.477. The Bertz CT molecular complexity index is 1180. The van der Waals surface area contributed by atoms with Crippen molar-refractivity contribution < 1.29 is 9.53 Å². The van der Waals surface area contributed by atoms with Gasteiger partial charge in [0.25, 0.3) is 5.56 Å². The number of carbonyl (C=O) groups excluding carboxylic acids is 1. The third kappa shape index (κ3) is 3.80. The Morgan fingerprint density at radius 2 is 2.10 bits per heavy atom. The van der Waals surface area contributed by atoms with Crippen LogP contribution in [0, 0.1) is 6.92 Å². The fraction of sp³-hybridized carbons (Fsp3) is 0.350. The van der Waals surface area contributed by atoms with Gasteiger partial charge in [0.2, 0.25) is 11.9 Å². The first kappa shape index (κ1) is 20.1. The van der Waals surface area contributed by atoms with Crippen LogP contribution in [0.3, 0.4) is 0 Å². The van der Waals surface area contributed by atoms with Crippen molar-refractivity contribution in [2.24, 2.45) is 0 Å². The average Bonchev–Trinajstić information content (AvgIpc) is 3.07. The number of pyridine rings is 1. The number of nitrogens with zero attached hydrogens (tertiary/aromatic N) is 4. The van der Waals surface area contributed by atoms with E-state index in [0.29, 0.717) is 35.0 Å². The van der Waals surface area contributed by atoms with Gasteiger partial charge in [-0.05, 0) is 44.5 Å². The Morgan fingerprint density at radius 1 is 1.30 bits per heavy atom. The quantitative estimate of drug-likeness (QED) is 0.638. The molecule has 0 radical (unpaired) electrons. The highest BCUT2D eigenvalue weighted by Crippen LogP contribution is 2.24. The Balaban J connectivity index is 1.65. The van der Waals surface area contributed by atoms with Gasteiger partial charge in [0, 0.05) is 21.5 Å². The zero-order chi connectivity index (χ0) is 21.4. The van der Waals surface area contributed by atoms with Crippen LogP contribution in [0.4, 0.5) is 16.7 Å². The topological polar surface area (TPSA) is 113 Å². The largest absolute Gasteiger partial charge is 0.447 e. The molecule has 1 aromatic carbocycles. The van der Waals surface area contributed by atoms with Crippen molar-refractivity contribution in [3.63, 3.8) is 0 Å². The highest BCUT2D eigenvalue weighted by Gasteiger charge is 2.35. The van der Waals surface area contributed by atoms with Gasteiger partial charge in [0.1, 0.15) is 12.4 Å². The summed E-state index contributed by atoms with van der Waals surface area (Å²) < 4.78 is 5.13. The van der Waals surface area contributed by atoms with Crippen molar-refractivity contribution >= 4 is 40.5 Å². The first-order valence-electron chi connectivity index (χ1n) is 9.63. The molecule has 0 bridgehead atoms. The van der Waals surface area contributed by atoms with Gasteiger partial charge in [-0.15, -0.1) is 0 Å². The van der Waals surface area contributed by atoms with Gasteiger partial charge in [0.05, 0.1) is 12.1 Å². The molecule has 1 aliphatic heterocycles. The molecule has 9 nitrogen and oxygen atoms in total. The number of ether oxygens (including phenoxy) is 1. The van der Waals surface area contributed by atoms with Crippen LogP contribution in [0.5, 0.6) is 0 Å². The third-order valence-corrected chi connectivity index (χ3v) is 5.27. The summed E-state index contributed by atoms with van der Waals surface area (Å²) in [6.07, 6.45) is 0.235. The van der Waals surface area contributed by atoms with E-state index in [4.69, 9.17) is 16.3 Å². The predicted octanol–water partition coefficient (Wildman–Crippen LogP) is 3.58. The molecule has 2 aromatic heterocycles. The van der Waals surface area contributed by atoms with E-state index in [9.17, 15) is 9.59 Å². The Labute approximate surface area is 177 Å². The third-order valence-electron chi connectivity index (χ3n) is 5.03. The lowest BCUT2D eigenvalue weighted by molar-refractivity contribution is 0.178. The van der Waals surface area contributed by atoms with Gasteiger partial charge in [-0.3, -0.25) is 4.79 Å². The van der Waals surface area contributed by atoms with E-state index >= 15 is 0 Å². The molecule has 156 valence electrons. The number of halogens is 1. The molecule has 4 rings (SSSR count). The summed E-state index contributed by atoms with van der Waals surface area (Å²) in [5.74, 6) is 0.944. The van der Waals surface area contributed by atoms with Gasteiger partial charge >= 0.3 is 6.09 Å². The van der Waals surface area contributed by atoms with Crippen molar-refractivity contribution in [2.75, 3.05) is 16.8 Å². The molecule has 3 heterocycles. The summed E-state index contributed by atoms with van der Waals surface area (Å²) >= 11 is 6.08. The fourth-order valence-corrected chi connectivity index (χ4v) is 3.61. The fourth-order valence-electron chi connectivity index (χ4n) is 3.43. The number of nitrogens with one attached hydrogen (secondary N) is 2. The van der Waals surface area contributed by atoms with Crippen LogP contribution in [0.25, 0.3) is 10.9 Å². The van der Waals surface area contributed by atoms with Gasteiger partial charge < -0.3 is 15.0 Å². The first-order chi connectivity index (χ1) is 14.4. The number of hydrogen-bond acceptors (Lipinski definition) is 7. The van der Waals surface area contributed by atoms with Gasteiger partial charge in [-0.25, -0.2) is 9.69 Å². The smallest absolute Gasteiger partial charge is 0.417 e. The second kappa shape index (κ2) is 7.91. The zero-order valence-corrected chi connectivity index (χ0v) is 17.5. The van der Waals surface area contributed by atoms with E-state index < -0.39 is 12.1 Å². The number of fused-ring (bicyclic) bond motifs is 1. The molecule has 1 amide bonds. The molecular weight excluding hydrogens is 408 g/mol. The molecule has 2 N–H and O–H groups in total. The van der Waals surface area contributed by atoms with Crippen LogP contribution >= 0.6 is 11.6 Å². The van der Waals surface area contributed by atoms with Gasteiger partial charge in [-0.2, -0.15) is 15.0 Å². The van der Waals surface area contributed by atoms with Gasteiger partial charge in [0.15, 0.2) is 0 Å². The minimum absolute atomic E-state index is 0.127. The number of benzene rings is 1. The molecule has 0 aliphatic carbocycles. The Hall–Kier alpha value is -3.20. The first-order valence-corrected chi connectivity index (χ1v) is 10.0. The number of aromatic nitrogens is 4. The van der Waals surface area contributed by atoms with Gasteiger partial charge in [-0.1, -0.05) is 18.5 Å². The van der Waals surface area contributed by atoms with E-state index in [2.05, 4.69) is 25.3 Å². The monoisotopic (exact) mass is 428 g/mol. The Morgan fingerprint density at radius 3 is 2.87 bits per heavy atom. The van der Waals surface area contributed by atoms with E-state index in [-0.39, 0.29) is 23.5 Å². The number of carbonyl (C=O) groups is 1. The summed E-state index contributed by atoms with van der Waals surface area (Å²) in [4.78, 5) is 42.0. The second-order valence-corrected chi connectivity index (χ2v) is 7.60. The molecule has 30 heavy (non-hydrogen) atoms. The van der Waals surface area contributed by atoms with Crippen molar-refractivity contribution in [3.8, 4) is 0 Å². The van der Waals surface area contributed by atoms with Crippen LogP contribution in [0.1, 0.15) is 37.7 Å². The molecule has 0 saturated carbocycles. The number of H-pyrrole nitrogens is 1. The summed E-state index contributed by atoms with van der Waals surface area (Å²) in [6, 6.07) is 6.54. The number of cyclic esters (lactones) is 1. The van der Waals surface area contributed by atoms with Crippen molar-refractivity contribution in [2.45, 2.75) is 39.3 Å². The highest BCUT2D eigenvalue weighted by molar-refractivity contribution is 6.31. The molecule has 1 fully saturated rings. The van der Waals surface area contributed by atoms with Crippen LogP contribution in [0.15, 0.2) is 29.1 Å². The second-order valence-electron chi connectivity index (χ2n) is 7.17.